The van der Waals surface area contributed by atoms with Gasteiger partial charge in [0.1, 0.15) is 11.5 Å². The molecule has 4 nitrogen and oxygen atoms in total. The molecule has 0 aliphatic heterocycles. The maximum atomic E-state index is 9.41. The van der Waals surface area contributed by atoms with Gasteiger partial charge in [0.2, 0.25) is 0 Å². The molecule has 0 aliphatic rings. The summed E-state index contributed by atoms with van der Waals surface area (Å²) in [6.07, 6.45) is 4.40. The second-order valence-corrected chi connectivity index (χ2v) is 4.36. The van der Waals surface area contributed by atoms with Gasteiger partial charge in [-0.05, 0) is 36.2 Å². The molecular weight excluding hydrogens is 256 g/mol. The molecule has 0 atom stereocenters. The van der Waals surface area contributed by atoms with Crippen molar-refractivity contribution < 1.29 is 20.1 Å². The third kappa shape index (κ3) is 3.23. The minimum Gasteiger partial charge on any atom is -0.508 e. The first-order valence-corrected chi connectivity index (χ1v) is 6.14. The quantitative estimate of drug-likeness (QED) is 0.748. The van der Waals surface area contributed by atoms with Crippen molar-refractivity contribution in [1.29, 1.82) is 0 Å². The van der Waals surface area contributed by atoms with Crippen LogP contribution in [0.25, 0.3) is 6.08 Å². The number of benzene rings is 2. The van der Waals surface area contributed by atoms with E-state index in [0.29, 0.717) is 12.2 Å². The second kappa shape index (κ2) is 6.02. The fourth-order valence-corrected chi connectivity index (χ4v) is 1.86. The molecule has 0 heterocycles. The number of aromatic hydroxyl groups is 3. The van der Waals surface area contributed by atoms with Crippen molar-refractivity contribution in [2.45, 2.75) is 6.42 Å². The number of methoxy groups -OCH3 is 1. The first-order chi connectivity index (χ1) is 9.60. The van der Waals surface area contributed by atoms with Gasteiger partial charge in [0, 0.05) is 11.6 Å². The Balaban J connectivity index is 2.12. The second-order valence-electron chi connectivity index (χ2n) is 4.36. The van der Waals surface area contributed by atoms with Gasteiger partial charge in [-0.25, -0.2) is 0 Å². The summed E-state index contributed by atoms with van der Waals surface area (Å²) in [7, 11) is 1.55. The number of hydrogen-bond donors (Lipinski definition) is 3. The Labute approximate surface area is 117 Å². The molecule has 0 amide bonds. The molecule has 0 unspecified atom stereocenters. The molecular formula is C16H16O4. The molecule has 0 aliphatic carbocycles. The van der Waals surface area contributed by atoms with Gasteiger partial charge in [0.05, 0.1) is 7.11 Å². The summed E-state index contributed by atoms with van der Waals surface area (Å²) in [5, 5.41) is 28.0. The largest absolute Gasteiger partial charge is 0.508 e. The summed E-state index contributed by atoms with van der Waals surface area (Å²) >= 11 is 0. The van der Waals surface area contributed by atoms with Crippen LogP contribution in [0.15, 0.2) is 42.5 Å². The number of phenols is 3. The van der Waals surface area contributed by atoms with Crippen molar-refractivity contribution >= 4 is 6.08 Å². The topological polar surface area (TPSA) is 69.9 Å². The molecule has 0 spiro atoms. The summed E-state index contributed by atoms with van der Waals surface area (Å²) in [4.78, 5) is 0. The molecule has 4 heteroatoms. The number of phenolic OH excluding ortho intramolecular Hbond substituents is 3. The number of ether oxygens (including phenoxy) is 1. The lowest BCUT2D eigenvalue weighted by molar-refractivity contribution is 0.403. The Morgan fingerprint density at radius 3 is 2.50 bits per heavy atom. The zero-order valence-electron chi connectivity index (χ0n) is 11.1. The molecule has 20 heavy (non-hydrogen) atoms. The van der Waals surface area contributed by atoms with Crippen LogP contribution in [-0.2, 0) is 6.42 Å². The standard InChI is InChI=1S/C16H16O4/c1-20-16-10-13(17)7-6-12(16)4-2-3-11-5-8-14(18)15(19)9-11/h2,4-10,17-19H,3H2,1H3/b4-2+. The summed E-state index contributed by atoms with van der Waals surface area (Å²) in [5.41, 5.74) is 1.74. The van der Waals surface area contributed by atoms with Crippen LogP contribution >= 0.6 is 0 Å². The van der Waals surface area contributed by atoms with Crippen LogP contribution in [0.2, 0.25) is 0 Å². The molecule has 0 bridgehead atoms. The van der Waals surface area contributed by atoms with Crippen molar-refractivity contribution in [3.63, 3.8) is 0 Å². The van der Waals surface area contributed by atoms with E-state index in [1.165, 1.54) is 12.1 Å². The number of hydrogen-bond acceptors (Lipinski definition) is 4. The molecule has 0 aromatic heterocycles. The fourth-order valence-electron chi connectivity index (χ4n) is 1.86. The van der Waals surface area contributed by atoms with Crippen LogP contribution in [0.4, 0.5) is 0 Å². The van der Waals surface area contributed by atoms with E-state index in [1.807, 2.05) is 12.2 Å². The van der Waals surface area contributed by atoms with Gasteiger partial charge in [-0.3, -0.25) is 0 Å². The molecule has 2 rings (SSSR count). The maximum absolute atomic E-state index is 9.41. The average Bonchev–Trinajstić information content (AvgIpc) is 2.44. The molecule has 104 valence electrons. The highest BCUT2D eigenvalue weighted by molar-refractivity contribution is 5.59. The van der Waals surface area contributed by atoms with Gasteiger partial charge >= 0.3 is 0 Å². The lowest BCUT2D eigenvalue weighted by Crippen LogP contribution is -1.86. The van der Waals surface area contributed by atoms with Crippen molar-refractivity contribution in [2.75, 3.05) is 7.11 Å². The highest BCUT2D eigenvalue weighted by Gasteiger charge is 2.01. The zero-order valence-corrected chi connectivity index (χ0v) is 11.1. The lowest BCUT2D eigenvalue weighted by atomic mass is 10.1. The van der Waals surface area contributed by atoms with Crippen LogP contribution < -0.4 is 4.74 Å². The summed E-state index contributed by atoms with van der Waals surface area (Å²) in [6, 6.07) is 9.63. The van der Waals surface area contributed by atoms with Crippen LogP contribution in [0.3, 0.4) is 0 Å². The van der Waals surface area contributed by atoms with E-state index in [1.54, 1.807) is 31.4 Å². The smallest absolute Gasteiger partial charge is 0.157 e. The van der Waals surface area contributed by atoms with Crippen LogP contribution in [0.1, 0.15) is 11.1 Å². The Morgan fingerprint density at radius 2 is 1.80 bits per heavy atom. The van der Waals surface area contributed by atoms with Crippen LogP contribution in [0.5, 0.6) is 23.0 Å². The minimum atomic E-state index is -0.127. The third-order valence-corrected chi connectivity index (χ3v) is 2.91. The summed E-state index contributed by atoms with van der Waals surface area (Å²) in [5.74, 6) is 0.494. The Morgan fingerprint density at radius 1 is 1.00 bits per heavy atom. The zero-order chi connectivity index (χ0) is 14.5. The van der Waals surface area contributed by atoms with E-state index in [9.17, 15) is 15.3 Å². The number of allylic oxidation sites excluding steroid dienone is 1. The predicted molar refractivity (Wildman–Crippen MR) is 77.2 cm³/mol. The van der Waals surface area contributed by atoms with Crippen molar-refractivity contribution in [3.8, 4) is 23.0 Å². The van der Waals surface area contributed by atoms with Crippen molar-refractivity contribution in [2.24, 2.45) is 0 Å². The lowest BCUT2D eigenvalue weighted by Gasteiger charge is -2.05. The highest BCUT2D eigenvalue weighted by Crippen LogP contribution is 2.26. The molecule has 0 saturated carbocycles. The van der Waals surface area contributed by atoms with Gasteiger partial charge in [-0.1, -0.05) is 18.2 Å². The van der Waals surface area contributed by atoms with E-state index >= 15 is 0 Å². The molecule has 0 radical (unpaired) electrons. The van der Waals surface area contributed by atoms with E-state index in [-0.39, 0.29) is 17.2 Å². The predicted octanol–water partition coefficient (Wildman–Crippen LogP) is 3.07. The fraction of sp³-hybridized carbons (Fsp3) is 0.125. The van der Waals surface area contributed by atoms with E-state index in [2.05, 4.69) is 0 Å². The number of rotatable bonds is 4. The third-order valence-electron chi connectivity index (χ3n) is 2.91. The van der Waals surface area contributed by atoms with Gasteiger partial charge in [-0.2, -0.15) is 0 Å². The normalized spacial score (nSPS) is 10.8. The highest BCUT2D eigenvalue weighted by atomic mass is 16.5. The first-order valence-electron chi connectivity index (χ1n) is 6.14. The minimum absolute atomic E-state index is 0.127. The van der Waals surface area contributed by atoms with Gasteiger partial charge in [0.15, 0.2) is 11.5 Å². The summed E-state index contributed by atoms with van der Waals surface area (Å²) in [6.45, 7) is 0. The van der Waals surface area contributed by atoms with Crippen LogP contribution in [-0.4, -0.2) is 22.4 Å². The first kappa shape index (κ1) is 13.8. The SMILES string of the molecule is COc1cc(O)ccc1/C=C/Cc1ccc(O)c(O)c1. The average molecular weight is 272 g/mol. The van der Waals surface area contributed by atoms with Gasteiger partial charge < -0.3 is 20.1 Å². The Hall–Kier alpha value is -2.62. The van der Waals surface area contributed by atoms with Crippen LogP contribution in [0, 0.1) is 0 Å². The molecule has 0 saturated heterocycles. The molecule has 3 N–H and O–H groups in total. The maximum Gasteiger partial charge on any atom is 0.157 e. The van der Waals surface area contributed by atoms with E-state index in [4.69, 9.17) is 4.74 Å². The van der Waals surface area contributed by atoms with Gasteiger partial charge in [-0.15, -0.1) is 0 Å². The molecule has 2 aromatic carbocycles. The molecule has 0 fully saturated rings. The van der Waals surface area contributed by atoms with Crippen molar-refractivity contribution in [3.05, 3.63) is 53.6 Å². The van der Waals surface area contributed by atoms with E-state index in [0.717, 1.165) is 11.1 Å². The monoisotopic (exact) mass is 272 g/mol. The Kier molecular flexibility index (Phi) is 4.15. The summed E-state index contributed by atoms with van der Waals surface area (Å²) < 4.78 is 5.18. The van der Waals surface area contributed by atoms with Crippen molar-refractivity contribution in [1.82, 2.24) is 0 Å². The Bertz CT molecular complexity index is 632. The molecule has 2 aromatic rings. The van der Waals surface area contributed by atoms with Gasteiger partial charge in [0.25, 0.3) is 0 Å². The van der Waals surface area contributed by atoms with E-state index < -0.39 is 0 Å².